The predicted molar refractivity (Wildman–Crippen MR) is 82.3 cm³/mol. The van der Waals surface area contributed by atoms with Crippen LogP contribution in [-0.4, -0.2) is 16.1 Å². The zero-order chi connectivity index (χ0) is 13.8. The SMILES string of the molecule is Cc1csc(NC(=O)C(C)Sc2ccc(Cl)cc2)n1. The number of nitrogens with zero attached hydrogens (tertiary/aromatic N) is 1. The van der Waals surface area contributed by atoms with Gasteiger partial charge in [0.2, 0.25) is 5.91 Å². The number of halogens is 1. The Morgan fingerprint density at radius 2 is 2.11 bits per heavy atom. The molecular weight excluding hydrogens is 300 g/mol. The van der Waals surface area contributed by atoms with Crippen LogP contribution < -0.4 is 5.32 Å². The molecule has 0 aliphatic heterocycles. The first kappa shape index (κ1) is 14.4. The van der Waals surface area contributed by atoms with Crippen molar-refractivity contribution in [3.8, 4) is 0 Å². The van der Waals surface area contributed by atoms with E-state index in [1.807, 2.05) is 43.5 Å². The summed E-state index contributed by atoms with van der Waals surface area (Å²) in [6, 6.07) is 7.45. The first-order valence-corrected chi connectivity index (χ1v) is 7.83. The van der Waals surface area contributed by atoms with Gasteiger partial charge in [-0.3, -0.25) is 4.79 Å². The second-order valence-electron chi connectivity index (χ2n) is 4.00. The van der Waals surface area contributed by atoms with Crippen molar-refractivity contribution >= 4 is 45.7 Å². The average Bonchev–Trinajstić information content (AvgIpc) is 2.77. The highest BCUT2D eigenvalue weighted by Gasteiger charge is 2.15. The summed E-state index contributed by atoms with van der Waals surface area (Å²) in [4.78, 5) is 17.2. The number of carbonyl (C=O) groups excluding carboxylic acids is 1. The Balaban J connectivity index is 1.94. The lowest BCUT2D eigenvalue weighted by molar-refractivity contribution is -0.115. The minimum absolute atomic E-state index is 0.0469. The van der Waals surface area contributed by atoms with Crippen LogP contribution in [-0.2, 0) is 4.79 Å². The van der Waals surface area contributed by atoms with E-state index in [0.717, 1.165) is 10.6 Å². The van der Waals surface area contributed by atoms with Crippen molar-refractivity contribution in [2.45, 2.75) is 24.0 Å². The molecule has 0 aliphatic rings. The minimum Gasteiger partial charge on any atom is -0.301 e. The molecule has 1 aromatic heterocycles. The van der Waals surface area contributed by atoms with Crippen molar-refractivity contribution < 1.29 is 4.79 Å². The number of anilines is 1. The number of rotatable bonds is 4. The molecule has 1 aromatic carbocycles. The standard InChI is InChI=1S/C13H13ClN2OS2/c1-8-7-18-13(15-8)16-12(17)9(2)19-11-5-3-10(14)4-6-11/h3-7,9H,1-2H3,(H,15,16,17). The fraction of sp³-hybridized carbons (Fsp3) is 0.231. The molecule has 2 rings (SSSR count). The maximum absolute atomic E-state index is 12.0. The smallest absolute Gasteiger partial charge is 0.239 e. The summed E-state index contributed by atoms with van der Waals surface area (Å²) in [7, 11) is 0. The first-order valence-electron chi connectivity index (χ1n) is 5.70. The number of amides is 1. The summed E-state index contributed by atoms with van der Waals surface area (Å²) in [5.74, 6) is -0.0469. The second kappa shape index (κ2) is 6.41. The Morgan fingerprint density at radius 1 is 1.42 bits per heavy atom. The number of thioether (sulfide) groups is 1. The molecule has 1 amide bonds. The van der Waals surface area contributed by atoms with E-state index in [0.29, 0.717) is 10.2 Å². The molecule has 0 aliphatic carbocycles. The van der Waals surface area contributed by atoms with E-state index < -0.39 is 0 Å². The Bertz CT molecular complexity index is 568. The van der Waals surface area contributed by atoms with Crippen LogP contribution in [0.2, 0.25) is 5.02 Å². The van der Waals surface area contributed by atoms with E-state index in [4.69, 9.17) is 11.6 Å². The normalized spacial score (nSPS) is 12.2. The van der Waals surface area contributed by atoms with E-state index in [2.05, 4.69) is 10.3 Å². The van der Waals surface area contributed by atoms with Gasteiger partial charge in [0.15, 0.2) is 5.13 Å². The van der Waals surface area contributed by atoms with Crippen molar-refractivity contribution in [2.24, 2.45) is 0 Å². The van der Waals surface area contributed by atoms with Crippen molar-refractivity contribution in [2.75, 3.05) is 5.32 Å². The Kier molecular flexibility index (Phi) is 4.85. The molecule has 0 spiro atoms. The number of carbonyl (C=O) groups is 1. The largest absolute Gasteiger partial charge is 0.301 e. The summed E-state index contributed by atoms with van der Waals surface area (Å²) < 4.78 is 0. The number of hydrogen-bond donors (Lipinski definition) is 1. The molecule has 6 heteroatoms. The topological polar surface area (TPSA) is 42.0 Å². The summed E-state index contributed by atoms with van der Waals surface area (Å²) in [6.45, 7) is 3.77. The molecule has 3 nitrogen and oxygen atoms in total. The first-order chi connectivity index (χ1) is 9.04. The van der Waals surface area contributed by atoms with Gasteiger partial charge in [0, 0.05) is 15.3 Å². The molecule has 0 fully saturated rings. The quantitative estimate of drug-likeness (QED) is 0.859. The van der Waals surface area contributed by atoms with Crippen LogP contribution in [0.1, 0.15) is 12.6 Å². The number of benzene rings is 1. The second-order valence-corrected chi connectivity index (χ2v) is 6.71. The minimum atomic E-state index is -0.189. The van der Waals surface area contributed by atoms with Crippen molar-refractivity contribution in [3.05, 3.63) is 40.4 Å². The Morgan fingerprint density at radius 3 is 2.68 bits per heavy atom. The van der Waals surface area contributed by atoms with E-state index in [1.165, 1.54) is 23.1 Å². The highest BCUT2D eigenvalue weighted by atomic mass is 35.5. The molecule has 1 N–H and O–H groups in total. The highest BCUT2D eigenvalue weighted by Crippen LogP contribution is 2.26. The number of thiazole rings is 1. The zero-order valence-electron chi connectivity index (χ0n) is 10.5. The van der Waals surface area contributed by atoms with Gasteiger partial charge in [0.1, 0.15) is 0 Å². The fourth-order valence-electron chi connectivity index (χ4n) is 1.39. The van der Waals surface area contributed by atoms with Crippen molar-refractivity contribution in [1.82, 2.24) is 4.98 Å². The number of hydrogen-bond acceptors (Lipinski definition) is 4. The summed E-state index contributed by atoms with van der Waals surface area (Å²) >= 11 is 8.75. The van der Waals surface area contributed by atoms with Crippen LogP contribution in [0.15, 0.2) is 34.5 Å². The lowest BCUT2D eigenvalue weighted by Crippen LogP contribution is -2.22. The maximum Gasteiger partial charge on any atom is 0.239 e. The van der Waals surface area contributed by atoms with Gasteiger partial charge in [-0.25, -0.2) is 4.98 Å². The molecule has 19 heavy (non-hydrogen) atoms. The molecule has 0 saturated carbocycles. The van der Waals surface area contributed by atoms with Gasteiger partial charge in [0.25, 0.3) is 0 Å². The zero-order valence-corrected chi connectivity index (χ0v) is 12.9. The van der Waals surface area contributed by atoms with Gasteiger partial charge in [0.05, 0.1) is 10.9 Å². The van der Waals surface area contributed by atoms with Crippen LogP contribution in [0.3, 0.4) is 0 Å². The van der Waals surface area contributed by atoms with Gasteiger partial charge in [-0.05, 0) is 38.1 Å². The molecule has 1 atom stereocenters. The van der Waals surface area contributed by atoms with Gasteiger partial charge in [-0.15, -0.1) is 23.1 Å². The number of aromatic nitrogens is 1. The van der Waals surface area contributed by atoms with E-state index in [9.17, 15) is 4.79 Å². The summed E-state index contributed by atoms with van der Waals surface area (Å²) in [5.41, 5.74) is 0.915. The molecule has 1 heterocycles. The van der Waals surface area contributed by atoms with Gasteiger partial charge >= 0.3 is 0 Å². The van der Waals surface area contributed by atoms with Gasteiger partial charge in [-0.2, -0.15) is 0 Å². The molecule has 1 unspecified atom stereocenters. The average molecular weight is 313 g/mol. The fourth-order valence-corrected chi connectivity index (χ4v) is 3.07. The van der Waals surface area contributed by atoms with E-state index in [-0.39, 0.29) is 11.2 Å². The van der Waals surface area contributed by atoms with Crippen LogP contribution >= 0.6 is 34.7 Å². The van der Waals surface area contributed by atoms with Crippen molar-refractivity contribution in [1.29, 1.82) is 0 Å². The maximum atomic E-state index is 12.0. The van der Waals surface area contributed by atoms with Crippen LogP contribution in [0.25, 0.3) is 0 Å². The predicted octanol–water partition coefficient (Wildman–Crippen LogP) is 4.22. The molecule has 0 saturated heterocycles. The molecule has 100 valence electrons. The lowest BCUT2D eigenvalue weighted by Gasteiger charge is -2.10. The van der Waals surface area contributed by atoms with Crippen LogP contribution in [0, 0.1) is 6.92 Å². The van der Waals surface area contributed by atoms with Crippen LogP contribution in [0.4, 0.5) is 5.13 Å². The Labute approximate surface area is 125 Å². The van der Waals surface area contributed by atoms with Crippen molar-refractivity contribution in [3.63, 3.8) is 0 Å². The van der Waals surface area contributed by atoms with E-state index >= 15 is 0 Å². The molecule has 2 aromatic rings. The lowest BCUT2D eigenvalue weighted by atomic mass is 10.4. The van der Waals surface area contributed by atoms with Crippen LogP contribution in [0.5, 0.6) is 0 Å². The number of aryl methyl sites for hydroxylation is 1. The third kappa shape index (κ3) is 4.23. The third-order valence-electron chi connectivity index (χ3n) is 2.34. The monoisotopic (exact) mass is 312 g/mol. The Hall–Kier alpha value is -1.04. The molecular formula is C13H13ClN2OS2. The van der Waals surface area contributed by atoms with E-state index in [1.54, 1.807) is 0 Å². The molecule has 0 radical (unpaired) electrons. The van der Waals surface area contributed by atoms with Gasteiger partial charge in [-0.1, -0.05) is 11.6 Å². The number of nitrogens with one attached hydrogen (secondary N) is 1. The highest BCUT2D eigenvalue weighted by molar-refractivity contribution is 8.00. The summed E-state index contributed by atoms with van der Waals surface area (Å²) in [5, 5.41) is 5.87. The summed E-state index contributed by atoms with van der Waals surface area (Å²) in [6.07, 6.45) is 0. The molecule has 0 bridgehead atoms. The van der Waals surface area contributed by atoms with Gasteiger partial charge < -0.3 is 5.32 Å². The third-order valence-corrected chi connectivity index (χ3v) is 4.58.